The smallest absolute Gasteiger partial charge is 0.341 e. The zero-order chi connectivity index (χ0) is 18.3. The van der Waals surface area contributed by atoms with E-state index < -0.39 is 23.8 Å². The Balaban J connectivity index is 1.90. The number of amides is 1. The molecule has 4 rings (SSSR count). The normalized spacial score (nSPS) is 27.2. The number of ether oxygens (including phenoxy) is 1. The standard InChI is InChI=1S/C18H21NO5S/c1-8-9(2)25-16(12(8)18(23)24-3)19-15(20)13-10-4-6-11(7-5-10)14(13)17(21)22/h4,6,10-11,13-14H,5,7H2,1-3H3,(H,19,20)(H,21,22)/t10-,11+,13-,14+/m1/s1. The van der Waals surface area contributed by atoms with E-state index in [9.17, 15) is 19.5 Å². The maximum Gasteiger partial charge on any atom is 0.341 e. The van der Waals surface area contributed by atoms with Gasteiger partial charge < -0.3 is 15.2 Å². The maximum atomic E-state index is 12.9. The van der Waals surface area contributed by atoms with Crippen molar-refractivity contribution in [3.8, 4) is 0 Å². The van der Waals surface area contributed by atoms with Gasteiger partial charge in [0.15, 0.2) is 0 Å². The highest BCUT2D eigenvalue weighted by Gasteiger charge is 2.48. The van der Waals surface area contributed by atoms with Gasteiger partial charge in [0.2, 0.25) is 5.91 Å². The summed E-state index contributed by atoms with van der Waals surface area (Å²) in [4.78, 5) is 37.6. The number of hydrogen-bond donors (Lipinski definition) is 2. The van der Waals surface area contributed by atoms with Crippen molar-refractivity contribution in [2.24, 2.45) is 23.7 Å². The molecule has 1 fully saturated rings. The molecular weight excluding hydrogens is 342 g/mol. The summed E-state index contributed by atoms with van der Waals surface area (Å²) in [5.74, 6) is -3.29. The molecule has 3 aliphatic carbocycles. The number of nitrogens with one attached hydrogen (secondary N) is 1. The first-order chi connectivity index (χ1) is 11.8. The van der Waals surface area contributed by atoms with Crippen LogP contribution in [0.2, 0.25) is 0 Å². The van der Waals surface area contributed by atoms with Gasteiger partial charge >= 0.3 is 11.9 Å². The Morgan fingerprint density at radius 1 is 1.16 bits per heavy atom. The molecule has 4 atom stereocenters. The zero-order valence-corrected chi connectivity index (χ0v) is 15.2. The third-order valence-corrected chi connectivity index (χ3v) is 6.47. The number of anilines is 1. The number of esters is 1. The molecule has 1 aromatic heterocycles. The van der Waals surface area contributed by atoms with Crippen LogP contribution in [-0.2, 0) is 14.3 Å². The quantitative estimate of drug-likeness (QED) is 0.634. The van der Waals surface area contributed by atoms with Crippen LogP contribution in [0.4, 0.5) is 5.00 Å². The SMILES string of the molecule is COC(=O)c1c(NC(=O)[C@H]2[C@@H](C(=O)O)[C@H]3C=C[C@@H]2CC3)sc(C)c1C. The fourth-order valence-electron chi connectivity index (χ4n) is 3.95. The lowest BCUT2D eigenvalue weighted by atomic mass is 9.62. The second-order valence-corrected chi connectivity index (χ2v) is 7.87. The van der Waals surface area contributed by atoms with Gasteiger partial charge in [0.1, 0.15) is 5.00 Å². The van der Waals surface area contributed by atoms with Crippen LogP contribution < -0.4 is 5.32 Å². The molecule has 2 bridgehead atoms. The number of rotatable bonds is 4. The molecule has 1 saturated carbocycles. The second-order valence-electron chi connectivity index (χ2n) is 6.65. The first-order valence-electron chi connectivity index (χ1n) is 8.25. The Morgan fingerprint density at radius 2 is 1.76 bits per heavy atom. The number of aryl methyl sites for hydroxylation is 1. The maximum absolute atomic E-state index is 12.9. The van der Waals surface area contributed by atoms with Crippen molar-refractivity contribution in [1.29, 1.82) is 0 Å². The molecule has 2 N–H and O–H groups in total. The van der Waals surface area contributed by atoms with Crippen LogP contribution in [0.15, 0.2) is 12.2 Å². The number of carbonyl (C=O) groups is 3. The Bertz CT molecular complexity index is 766. The zero-order valence-electron chi connectivity index (χ0n) is 14.4. The molecular formula is C18H21NO5S. The predicted octanol–water partition coefficient (Wildman–Crippen LogP) is 3.00. The molecule has 0 radical (unpaired) electrons. The molecule has 7 heteroatoms. The molecule has 6 nitrogen and oxygen atoms in total. The van der Waals surface area contributed by atoms with E-state index in [1.165, 1.54) is 18.4 Å². The van der Waals surface area contributed by atoms with Gasteiger partial charge in [-0.3, -0.25) is 9.59 Å². The molecule has 134 valence electrons. The summed E-state index contributed by atoms with van der Waals surface area (Å²) in [7, 11) is 1.30. The van der Waals surface area contributed by atoms with Gasteiger partial charge in [-0.25, -0.2) is 4.79 Å². The third-order valence-electron chi connectivity index (χ3n) is 5.35. The van der Waals surface area contributed by atoms with Crippen LogP contribution >= 0.6 is 11.3 Å². The second kappa shape index (κ2) is 6.63. The Hall–Kier alpha value is -2.15. The van der Waals surface area contributed by atoms with Crippen molar-refractivity contribution in [3.05, 3.63) is 28.2 Å². The summed E-state index contributed by atoms with van der Waals surface area (Å²) >= 11 is 1.31. The minimum atomic E-state index is -0.939. The van der Waals surface area contributed by atoms with Gasteiger partial charge in [-0.05, 0) is 44.1 Å². The third kappa shape index (κ3) is 2.97. The molecule has 0 aliphatic heterocycles. The topological polar surface area (TPSA) is 92.7 Å². The largest absolute Gasteiger partial charge is 0.481 e. The Morgan fingerprint density at radius 3 is 2.28 bits per heavy atom. The van der Waals surface area contributed by atoms with Crippen molar-refractivity contribution in [3.63, 3.8) is 0 Å². The summed E-state index contributed by atoms with van der Waals surface area (Å²) in [5.41, 5.74) is 1.12. The van der Waals surface area contributed by atoms with E-state index in [2.05, 4.69) is 5.32 Å². The number of allylic oxidation sites excluding steroid dienone is 2. The highest BCUT2D eigenvalue weighted by Crippen LogP contribution is 2.46. The van der Waals surface area contributed by atoms with Crippen molar-refractivity contribution in [1.82, 2.24) is 0 Å². The predicted molar refractivity (Wildman–Crippen MR) is 93.7 cm³/mol. The van der Waals surface area contributed by atoms with Crippen LogP contribution in [0.25, 0.3) is 0 Å². The number of carbonyl (C=O) groups excluding carboxylic acids is 2. The van der Waals surface area contributed by atoms with E-state index in [1.807, 2.05) is 19.1 Å². The Labute approximate surface area is 149 Å². The van der Waals surface area contributed by atoms with Crippen molar-refractivity contribution >= 4 is 34.2 Å². The molecule has 3 aliphatic rings. The number of carboxylic acids is 1. The summed E-state index contributed by atoms with van der Waals surface area (Å²) in [5, 5.41) is 12.8. The summed E-state index contributed by atoms with van der Waals surface area (Å²) < 4.78 is 4.82. The fraction of sp³-hybridized carbons (Fsp3) is 0.500. The number of methoxy groups -OCH3 is 1. The van der Waals surface area contributed by atoms with E-state index in [-0.39, 0.29) is 17.7 Å². The average molecular weight is 363 g/mol. The van der Waals surface area contributed by atoms with Crippen molar-refractivity contribution in [2.45, 2.75) is 26.7 Å². The van der Waals surface area contributed by atoms with Gasteiger partial charge in [-0.2, -0.15) is 0 Å². The molecule has 0 aromatic carbocycles. The highest BCUT2D eigenvalue weighted by atomic mass is 32.1. The molecule has 0 unspecified atom stereocenters. The lowest BCUT2D eigenvalue weighted by molar-refractivity contribution is -0.151. The van der Waals surface area contributed by atoms with Gasteiger partial charge in [0.25, 0.3) is 0 Å². The molecule has 0 saturated heterocycles. The van der Waals surface area contributed by atoms with Crippen LogP contribution in [0.1, 0.15) is 33.6 Å². The Kier molecular flexibility index (Phi) is 4.69. The van der Waals surface area contributed by atoms with E-state index >= 15 is 0 Å². The number of thiophene rings is 1. The van der Waals surface area contributed by atoms with E-state index in [0.717, 1.165) is 23.3 Å². The van der Waals surface area contributed by atoms with Crippen LogP contribution in [0, 0.1) is 37.5 Å². The van der Waals surface area contributed by atoms with Crippen molar-refractivity contribution < 1.29 is 24.2 Å². The lowest BCUT2D eigenvalue weighted by Gasteiger charge is -2.41. The van der Waals surface area contributed by atoms with E-state index in [0.29, 0.717) is 10.6 Å². The van der Waals surface area contributed by atoms with Gasteiger partial charge in [0, 0.05) is 4.88 Å². The number of carboxylic acid groups (broad SMARTS) is 1. The van der Waals surface area contributed by atoms with E-state index in [4.69, 9.17) is 4.74 Å². The summed E-state index contributed by atoms with van der Waals surface area (Å²) in [6, 6.07) is 0. The summed E-state index contributed by atoms with van der Waals surface area (Å²) in [6.07, 6.45) is 5.50. The number of fused-ring (bicyclic) bond motifs is 2. The first-order valence-corrected chi connectivity index (χ1v) is 9.07. The minimum absolute atomic E-state index is 0.0742. The van der Waals surface area contributed by atoms with Crippen LogP contribution in [-0.4, -0.2) is 30.1 Å². The number of hydrogen-bond acceptors (Lipinski definition) is 5. The fourth-order valence-corrected chi connectivity index (χ4v) is 5.00. The lowest BCUT2D eigenvalue weighted by Crippen LogP contribution is -2.47. The van der Waals surface area contributed by atoms with Gasteiger partial charge in [-0.1, -0.05) is 12.2 Å². The summed E-state index contributed by atoms with van der Waals surface area (Å²) in [6.45, 7) is 3.67. The molecule has 1 amide bonds. The van der Waals surface area contributed by atoms with Crippen molar-refractivity contribution in [2.75, 3.05) is 12.4 Å². The first kappa shape index (κ1) is 17.7. The van der Waals surface area contributed by atoms with E-state index in [1.54, 1.807) is 6.92 Å². The van der Waals surface area contributed by atoms with Gasteiger partial charge in [0.05, 0.1) is 24.5 Å². The molecule has 0 spiro atoms. The molecule has 1 heterocycles. The average Bonchev–Trinajstić information content (AvgIpc) is 2.88. The monoisotopic (exact) mass is 363 g/mol. The molecule has 1 aromatic rings. The minimum Gasteiger partial charge on any atom is -0.481 e. The molecule has 25 heavy (non-hydrogen) atoms. The number of aliphatic carboxylic acids is 1. The van der Waals surface area contributed by atoms with Gasteiger partial charge in [-0.15, -0.1) is 11.3 Å². The van der Waals surface area contributed by atoms with Crippen LogP contribution in [0.5, 0.6) is 0 Å². The van der Waals surface area contributed by atoms with Crippen LogP contribution in [0.3, 0.4) is 0 Å². The highest BCUT2D eigenvalue weighted by molar-refractivity contribution is 7.16.